The van der Waals surface area contributed by atoms with Crippen LogP contribution in [0.5, 0.6) is 0 Å². The molecule has 0 amide bonds. The van der Waals surface area contributed by atoms with E-state index in [1.807, 2.05) is 7.05 Å². The summed E-state index contributed by atoms with van der Waals surface area (Å²) in [6.07, 6.45) is 7.94. The van der Waals surface area contributed by atoms with Crippen molar-refractivity contribution < 1.29 is 45.6 Å². The SMILES string of the molecule is C1CCOC1.CN=P(c1ccccc1)(c1ccccc1)C1CCCC1.[CH2-][Si](C)(C)C.[CH2-][Si](C)(C)C.[CH3-].[Nd+3]. The summed E-state index contributed by atoms with van der Waals surface area (Å²) in [4.78, 5) is 0. The third kappa shape index (κ3) is 17.7. The molecule has 1 saturated carbocycles. The van der Waals surface area contributed by atoms with Gasteiger partial charge in [-0.3, -0.25) is 4.74 Å². The largest absolute Gasteiger partial charge is 3.00 e. The summed E-state index contributed by atoms with van der Waals surface area (Å²) < 4.78 is 10.00. The minimum atomic E-state index is -1.60. The molecule has 2 aromatic carbocycles. The number of rotatable bonds is 3. The van der Waals surface area contributed by atoms with Crippen molar-refractivity contribution in [2.75, 3.05) is 20.3 Å². The molecule has 1 heterocycles. The Hall–Kier alpha value is 0.414. The molecule has 4 rings (SSSR count). The minimum absolute atomic E-state index is 0. The van der Waals surface area contributed by atoms with Gasteiger partial charge in [-0.25, -0.2) is 0 Å². The van der Waals surface area contributed by atoms with E-state index in [1.54, 1.807) is 0 Å². The van der Waals surface area contributed by atoms with Gasteiger partial charge in [0, 0.05) is 33.0 Å². The van der Waals surface area contributed by atoms with Gasteiger partial charge >= 0.3 is 40.8 Å². The molecule has 0 spiro atoms. The van der Waals surface area contributed by atoms with Crippen molar-refractivity contribution in [3.05, 3.63) is 81.2 Å². The van der Waals surface area contributed by atoms with E-state index in [2.05, 4.69) is 113 Å². The van der Waals surface area contributed by atoms with Crippen LogP contribution in [0.25, 0.3) is 0 Å². The van der Waals surface area contributed by atoms with Crippen molar-refractivity contribution in [1.82, 2.24) is 0 Å². The van der Waals surface area contributed by atoms with Gasteiger partial charge < -0.3 is 25.3 Å². The van der Waals surface area contributed by atoms with Gasteiger partial charge in [-0.1, -0.05) is 113 Å². The summed E-state index contributed by atoms with van der Waals surface area (Å²) >= 11 is 0. The monoisotopic (exact) mass is 686 g/mol. The van der Waals surface area contributed by atoms with Crippen molar-refractivity contribution >= 4 is 33.8 Å². The van der Waals surface area contributed by atoms with E-state index >= 15 is 0 Å². The van der Waals surface area contributed by atoms with Crippen molar-refractivity contribution in [3.63, 3.8) is 0 Å². The van der Waals surface area contributed by atoms with Crippen LogP contribution in [-0.4, -0.2) is 42.1 Å². The van der Waals surface area contributed by atoms with E-state index in [4.69, 9.17) is 9.48 Å². The second-order valence-electron chi connectivity index (χ2n) is 11.9. The minimum Gasteiger partial charge on any atom is -0.381 e. The zero-order valence-corrected chi connectivity index (χ0v) is 31.3. The van der Waals surface area contributed by atoms with E-state index in [1.165, 1.54) is 49.1 Å². The van der Waals surface area contributed by atoms with Crippen molar-refractivity contribution in [1.29, 1.82) is 0 Å². The summed E-state index contributed by atoms with van der Waals surface area (Å²) in [6.45, 7) is 23.1. The predicted molar refractivity (Wildman–Crippen MR) is 174 cm³/mol. The van der Waals surface area contributed by atoms with E-state index in [0.29, 0.717) is 0 Å². The standard InChI is InChI=1S/C18H22NP.C4H8O.2C4H11Si.CH3.Nd/c1-19-20(18-14-8-9-15-18,16-10-4-2-5-11-16)17-12-6-3-7-13-17;1-2-4-5-3-1;2*1-5(2,3)4;;/h2-7,10-13,18H,8-9,14-15H2,1H3;1-4H2;2*1H2,2-4H3;1H3;/q;;3*-1;+3. The molecule has 2 nitrogen and oxygen atoms in total. The van der Waals surface area contributed by atoms with Gasteiger partial charge in [-0.15, -0.1) is 16.1 Å². The summed E-state index contributed by atoms with van der Waals surface area (Å²) in [6, 6.07) is 22.0. The quantitative estimate of drug-likeness (QED) is 0.179. The van der Waals surface area contributed by atoms with E-state index in [-0.39, 0.29) is 48.3 Å². The van der Waals surface area contributed by atoms with E-state index in [9.17, 15) is 0 Å². The Kier molecular flexibility index (Phi) is 21.7. The summed E-state index contributed by atoms with van der Waals surface area (Å²) in [5.74, 6) is 0. The Labute approximate surface area is 266 Å². The van der Waals surface area contributed by atoms with Crippen molar-refractivity contribution in [3.8, 4) is 0 Å². The molecule has 1 saturated heterocycles. The van der Waals surface area contributed by atoms with Gasteiger partial charge in [0.15, 0.2) is 0 Å². The van der Waals surface area contributed by atoms with Crippen LogP contribution in [-0.2, 0) is 4.74 Å². The van der Waals surface area contributed by atoms with Crippen LogP contribution in [0.2, 0.25) is 39.3 Å². The molecule has 0 bridgehead atoms. The second-order valence-corrected chi connectivity index (χ2v) is 25.7. The first-order valence-electron chi connectivity index (χ1n) is 13.3. The summed E-state index contributed by atoms with van der Waals surface area (Å²) in [5.41, 5.74) is 0.734. The number of benzene rings is 2. The first-order chi connectivity index (χ1) is 16.4. The molecule has 2 aliphatic rings. The molecule has 0 N–H and O–H groups in total. The molecular weight excluding hydrogens is 634 g/mol. The molecule has 0 unspecified atom stereocenters. The fourth-order valence-electron chi connectivity index (χ4n) is 4.06. The van der Waals surface area contributed by atoms with Crippen molar-refractivity contribution in [2.45, 2.75) is 83.5 Å². The van der Waals surface area contributed by atoms with Gasteiger partial charge in [0.1, 0.15) is 0 Å². The molecule has 1 aliphatic heterocycles. The molecule has 2 fully saturated rings. The topological polar surface area (TPSA) is 21.6 Å². The summed E-state index contributed by atoms with van der Waals surface area (Å²) in [5, 5.41) is 2.89. The Balaban J connectivity index is 0. The number of nitrogens with zero attached hydrogens (tertiary/aromatic N) is 1. The van der Waals surface area contributed by atoms with Gasteiger partial charge in [0.2, 0.25) is 0 Å². The number of ether oxygens (including phenoxy) is 1. The first kappa shape index (κ1) is 39.6. The smallest absolute Gasteiger partial charge is 0.381 e. The van der Waals surface area contributed by atoms with Gasteiger partial charge in [0.25, 0.3) is 0 Å². The normalized spacial score (nSPS) is 15.3. The first-order valence-corrected chi connectivity index (χ1v) is 22.5. The van der Waals surface area contributed by atoms with Crippen molar-refractivity contribution in [2.24, 2.45) is 4.74 Å². The Morgan fingerprint density at radius 1 is 0.703 bits per heavy atom. The molecular formula is C31H55NNdOPSi2. The van der Waals surface area contributed by atoms with Crippen LogP contribution in [0.4, 0.5) is 0 Å². The van der Waals surface area contributed by atoms with Gasteiger partial charge in [-0.2, -0.15) is 0 Å². The van der Waals surface area contributed by atoms with Crippen LogP contribution in [0.3, 0.4) is 0 Å². The maximum Gasteiger partial charge on any atom is 3.00 e. The van der Waals surface area contributed by atoms with Gasteiger partial charge in [0.05, 0.1) is 0 Å². The van der Waals surface area contributed by atoms with E-state index < -0.39 is 23.2 Å². The van der Waals surface area contributed by atoms with Crippen LogP contribution >= 0.6 is 7.05 Å². The maximum atomic E-state index is 5.05. The molecule has 37 heavy (non-hydrogen) atoms. The number of hydrogen-bond acceptors (Lipinski definition) is 2. The van der Waals surface area contributed by atoms with Crippen LogP contribution in [0.1, 0.15) is 38.5 Å². The van der Waals surface area contributed by atoms with Crippen LogP contribution in [0, 0.1) is 61.4 Å². The number of hydrogen-bond donors (Lipinski definition) is 0. The molecule has 1 aliphatic carbocycles. The third-order valence-corrected chi connectivity index (χ3v) is 9.67. The average Bonchev–Trinajstić information content (AvgIpc) is 3.52. The molecule has 0 aromatic heterocycles. The second kappa shape index (κ2) is 20.3. The fraction of sp³-hybridized carbons (Fsp3) is 0.516. The Bertz CT molecular complexity index is 779. The Morgan fingerprint density at radius 3 is 1.27 bits per heavy atom. The zero-order chi connectivity index (χ0) is 26.4. The maximum absolute atomic E-state index is 5.05. The molecule has 6 heteroatoms. The zero-order valence-electron chi connectivity index (χ0n) is 25.2. The van der Waals surface area contributed by atoms with E-state index in [0.717, 1.165) is 18.9 Å². The Morgan fingerprint density at radius 2 is 1.03 bits per heavy atom. The third-order valence-electron chi connectivity index (χ3n) is 5.30. The fourth-order valence-corrected chi connectivity index (χ4v) is 8.36. The molecule has 0 atom stereocenters. The molecule has 207 valence electrons. The molecule has 2 aromatic rings. The van der Waals surface area contributed by atoms with Crippen LogP contribution in [0.15, 0.2) is 65.4 Å². The van der Waals surface area contributed by atoms with Gasteiger partial charge in [-0.05, 0) is 36.3 Å². The van der Waals surface area contributed by atoms with Crippen LogP contribution < -0.4 is 10.6 Å². The summed E-state index contributed by atoms with van der Waals surface area (Å²) in [7, 11) is -1.29. The predicted octanol–water partition coefficient (Wildman–Crippen LogP) is 9.05. The molecule has 1 radical (unpaired) electrons. The average molecular weight is 689 g/mol.